The Bertz CT molecular complexity index is 1090. The lowest BCUT2D eigenvalue weighted by Crippen LogP contribution is -2.62. The lowest BCUT2D eigenvalue weighted by molar-refractivity contribution is -0.320. The summed E-state index contributed by atoms with van der Waals surface area (Å²) in [6.45, 7) is 8.09. The van der Waals surface area contributed by atoms with Crippen LogP contribution in [0.25, 0.3) is 0 Å². The third-order valence-corrected chi connectivity index (χ3v) is 5.91. The van der Waals surface area contributed by atoms with Gasteiger partial charge in [0.05, 0.1) is 19.8 Å². The summed E-state index contributed by atoms with van der Waals surface area (Å²) in [4.78, 5) is 36.8. The van der Waals surface area contributed by atoms with E-state index in [0.717, 1.165) is 5.56 Å². The molecule has 10 heteroatoms. The summed E-state index contributed by atoms with van der Waals surface area (Å²) in [6.07, 6.45) is -4.83. The van der Waals surface area contributed by atoms with E-state index < -0.39 is 54.7 Å². The maximum atomic E-state index is 13.1. The lowest BCUT2D eigenvalue weighted by atomic mass is 9.97. The molecule has 0 aliphatic carbocycles. The van der Waals surface area contributed by atoms with Crippen LogP contribution in [-0.2, 0) is 54.1 Å². The topological polar surface area (TPSA) is 116 Å². The number of hydrogen-bond acceptors (Lipinski definition) is 10. The van der Waals surface area contributed by atoms with Gasteiger partial charge in [0.15, 0.2) is 12.2 Å². The molecule has 2 aromatic rings. The summed E-state index contributed by atoms with van der Waals surface area (Å²) in [5.41, 5.74) is 1.40. The SMILES string of the molecule is C=CCO[C@H]1[C@H](OCc2ccccc2)[C@@H](COC(C)=O)OC(OC(C)=O)[C@@H]1O[C@@H](C(=O)OCC)c1ccccc1. The molecule has 0 aromatic heterocycles. The number of carbonyl (C=O) groups is 3. The molecule has 0 spiro atoms. The molecular formula is C30H36O10. The Morgan fingerprint density at radius 1 is 0.900 bits per heavy atom. The minimum Gasteiger partial charge on any atom is -0.464 e. The van der Waals surface area contributed by atoms with Crippen molar-refractivity contribution in [3.8, 4) is 0 Å². The highest BCUT2D eigenvalue weighted by atomic mass is 16.7. The van der Waals surface area contributed by atoms with Gasteiger partial charge in [-0.1, -0.05) is 66.7 Å². The van der Waals surface area contributed by atoms with Crippen molar-refractivity contribution < 1.29 is 47.5 Å². The first-order valence-corrected chi connectivity index (χ1v) is 13.0. The van der Waals surface area contributed by atoms with Gasteiger partial charge in [-0.15, -0.1) is 6.58 Å². The zero-order valence-electron chi connectivity index (χ0n) is 22.9. The van der Waals surface area contributed by atoms with Crippen LogP contribution in [0.1, 0.15) is 38.0 Å². The van der Waals surface area contributed by atoms with Gasteiger partial charge < -0.3 is 33.2 Å². The Hall–Kier alpha value is -3.57. The van der Waals surface area contributed by atoms with Crippen molar-refractivity contribution in [1.82, 2.24) is 0 Å². The highest BCUT2D eigenvalue weighted by Gasteiger charge is 2.51. The molecule has 3 rings (SSSR count). The maximum absolute atomic E-state index is 13.1. The van der Waals surface area contributed by atoms with E-state index in [4.69, 9.17) is 33.2 Å². The van der Waals surface area contributed by atoms with Crippen LogP contribution in [0.2, 0.25) is 0 Å². The van der Waals surface area contributed by atoms with E-state index in [0.29, 0.717) is 5.56 Å². The molecule has 1 unspecified atom stereocenters. The molecule has 1 aliphatic heterocycles. The zero-order valence-corrected chi connectivity index (χ0v) is 22.9. The van der Waals surface area contributed by atoms with Crippen molar-refractivity contribution in [3.63, 3.8) is 0 Å². The molecular weight excluding hydrogens is 520 g/mol. The first-order chi connectivity index (χ1) is 19.3. The van der Waals surface area contributed by atoms with Crippen LogP contribution in [0.4, 0.5) is 0 Å². The van der Waals surface area contributed by atoms with Gasteiger partial charge in [-0.3, -0.25) is 9.59 Å². The second kappa shape index (κ2) is 15.9. The minimum atomic E-state index is -1.33. The number of esters is 3. The molecule has 2 aromatic carbocycles. The highest BCUT2D eigenvalue weighted by Crippen LogP contribution is 2.34. The monoisotopic (exact) mass is 556 g/mol. The van der Waals surface area contributed by atoms with Crippen molar-refractivity contribution >= 4 is 17.9 Å². The maximum Gasteiger partial charge on any atom is 0.339 e. The van der Waals surface area contributed by atoms with Crippen LogP contribution < -0.4 is 0 Å². The molecule has 0 amide bonds. The van der Waals surface area contributed by atoms with E-state index in [9.17, 15) is 14.4 Å². The standard InChI is InChI=1S/C30H36O10/c1-5-17-35-27-26(37-18-22-13-9-7-10-14-22)24(19-36-20(3)31)39-30(38-21(4)32)28(27)40-25(29(33)34-6-2)23-15-11-8-12-16-23/h5,7-16,24-28,30H,1,6,17-19H2,2-4H3/t24-,25-,26-,27+,28-,30?/m1/s1. The Labute approximate surface area is 234 Å². The molecule has 1 aliphatic rings. The fourth-order valence-electron chi connectivity index (χ4n) is 4.22. The molecule has 0 saturated carbocycles. The number of benzene rings is 2. The van der Waals surface area contributed by atoms with Gasteiger partial charge in [-0.2, -0.15) is 0 Å². The normalized spacial score (nSPS) is 23.0. The van der Waals surface area contributed by atoms with Crippen LogP contribution in [0, 0.1) is 0 Å². The predicted octanol–water partition coefficient (Wildman–Crippen LogP) is 3.68. The van der Waals surface area contributed by atoms with Crippen LogP contribution in [0.15, 0.2) is 73.3 Å². The third-order valence-electron chi connectivity index (χ3n) is 5.91. The van der Waals surface area contributed by atoms with E-state index in [-0.39, 0.29) is 26.4 Å². The van der Waals surface area contributed by atoms with E-state index >= 15 is 0 Å². The summed E-state index contributed by atoms with van der Waals surface area (Å²) in [5, 5.41) is 0. The molecule has 1 heterocycles. The molecule has 40 heavy (non-hydrogen) atoms. The van der Waals surface area contributed by atoms with Crippen molar-refractivity contribution in [1.29, 1.82) is 0 Å². The lowest BCUT2D eigenvalue weighted by Gasteiger charge is -2.45. The average Bonchev–Trinajstić information content (AvgIpc) is 2.94. The number of carbonyl (C=O) groups excluding carboxylic acids is 3. The number of hydrogen-bond donors (Lipinski definition) is 0. The zero-order chi connectivity index (χ0) is 28.9. The molecule has 0 radical (unpaired) electrons. The smallest absolute Gasteiger partial charge is 0.339 e. The average molecular weight is 557 g/mol. The first-order valence-electron chi connectivity index (χ1n) is 13.0. The summed E-state index contributed by atoms with van der Waals surface area (Å²) < 4.78 is 40.9. The van der Waals surface area contributed by atoms with Gasteiger partial charge in [0.2, 0.25) is 6.29 Å². The van der Waals surface area contributed by atoms with E-state index in [1.807, 2.05) is 30.3 Å². The largest absolute Gasteiger partial charge is 0.464 e. The van der Waals surface area contributed by atoms with E-state index in [1.54, 1.807) is 43.3 Å². The van der Waals surface area contributed by atoms with Crippen molar-refractivity contribution in [2.75, 3.05) is 19.8 Å². The molecule has 1 saturated heterocycles. The summed E-state index contributed by atoms with van der Waals surface area (Å²) in [5.74, 6) is -1.81. The second-order valence-corrected chi connectivity index (χ2v) is 8.95. The van der Waals surface area contributed by atoms with Gasteiger partial charge >= 0.3 is 17.9 Å². The van der Waals surface area contributed by atoms with Crippen molar-refractivity contribution in [3.05, 3.63) is 84.4 Å². The van der Waals surface area contributed by atoms with Crippen LogP contribution in [0.5, 0.6) is 0 Å². The Kier molecular flexibility index (Phi) is 12.3. The third kappa shape index (κ3) is 8.99. The van der Waals surface area contributed by atoms with Gasteiger partial charge in [0, 0.05) is 13.8 Å². The summed E-state index contributed by atoms with van der Waals surface area (Å²) >= 11 is 0. The molecule has 10 nitrogen and oxygen atoms in total. The predicted molar refractivity (Wildman–Crippen MR) is 143 cm³/mol. The van der Waals surface area contributed by atoms with Crippen LogP contribution in [-0.4, -0.2) is 68.4 Å². The number of rotatable bonds is 14. The fourth-order valence-corrected chi connectivity index (χ4v) is 4.22. The summed E-state index contributed by atoms with van der Waals surface area (Å²) in [7, 11) is 0. The molecule has 0 bridgehead atoms. The minimum absolute atomic E-state index is 0.0816. The Morgan fingerprint density at radius 3 is 2.17 bits per heavy atom. The second-order valence-electron chi connectivity index (χ2n) is 8.95. The molecule has 216 valence electrons. The molecule has 1 fully saturated rings. The quantitative estimate of drug-likeness (QED) is 0.194. The Morgan fingerprint density at radius 2 is 1.57 bits per heavy atom. The fraction of sp³-hybridized carbons (Fsp3) is 0.433. The number of ether oxygens (including phenoxy) is 7. The summed E-state index contributed by atoms with van der Waals surface area (Å²) in [6, 6.07) is 18.2. The van der Waals surface area contributed by atoms with Gasteiger partial charge in [-0.25, -0.2) is 4.79 Å². The van der Waals surface area contributed by atoms with Crippen molar-refractivity contribution in [2.24, 2.45) is 0 Å². The van der Waals surface area contributed by atoms with Gasteiger partial charge in [-0.05, 0) is 18.1 Å². The van der Waals surface area contributed by atoms with Gasteiger partial charge in [0.25, 0.3) is 0 Å². The first kappa shape index (κ1) is 31.0. The van der Waals surface area contributed by atoms with E-state index in [2.05, 4.69) is 6.58 Å². The Balaban J connectivity index is 2.02. The van der Waals surface area contributed by atoms with Crippen LogP contribution >= 0.6 is 0 Å². The van der Waals surface area contributed by atoms with Crippen LogP contribution in [0.3, 0.4) is 0 Å². The molecule has 6 atom stereocenters. The highest BCUT2D eigenvalue weighted by molar-refractivity contribution is 5.76. The molecule has 0 N–H and O–H groups in total. The van der Waals surface area contributed by atoms with Gasteiger partial charge in [0.1, 0.15) is 24.9 Å². The van der Waals surface area contributed by atoms with E-state index in [1.165, 1.54) is 13.8 Å². The van der Waals surface area contributed by atoms with Crippen molar-refractivity contribution in [2.45, 2.75) is 64.2 Å².